The Kier molecular flexibility index (Phi) is 6.67. The van der Waals surface area contributed by atoms with Gasteiger partial charge in [0.1, 0.15) is 0 Å². The summed E-state index contributed by atoms with van der Waals surface area (Å²) in [6.45, 7) is 0. The summed E-state index contributed by atoms with van der Waals surface area (Å²) in [4.78, 5) is 16.6. The van der Waals surface area contributed by atoms with E-state index >= 15 is 0 Å². The number of fused-ring (bicyclic) bond motifs is 5. The molecule has 2 saturated heterocycles. The number of aromatic nitrogens is 1. The molecule has 0 saturated carbocycles. The smallest absolute Gasteiger partial charge is 0.0693 e. The summed E-state index contributed by atoms with van der Waals surface area (Å²) < 4.78 is 1.09. The second kappa shape index (κ2) is 10.2. The zero-order valence-electron chi connectivity index (χ0n) is 20.7. The first-order chi connectivity index (χ1) is 18.6. The second-order valence-corrected chi connectivity index (χ2v) is 12.9. The quantitative estimate of drug-likeness (QED) is 0.291. The van der Waals surface area contributed by atoms with Gasteiger partial charge < -0.3 is 4.98 Å². The lowest BCUT2D eigenvalue weighted by Gasteiger charge is -2.30. The van der Waals surface area contributed by atoms with Gasteiger partial charge in [-0.25, -0.2) is 9.98 Å². The van der Waals surface area contributed by atoms with Crippen LogP contribution >= 0.6 is 47.8 Å². The molecule has 1 unspecified atom stereocenters. The molecular formula is C31H27Br3N4. The van der Waals surface area contributed by atoms with Crippen LogP contribution in [0.15, 0.2) is 92.6 Å². The Morgan fingerprint density at radius 1 is 0.947 bits per heavy atom. The van der Waals surface area contributed by atoms with E-state index in [1.807, 2.05) is 0 Å². The fourth-order valence-electron chi connectivity index (χ4n) is 6.32. The van der Waals surface area contributed by atoms with E-state index in [0.29, 0.717) is 24.0 Å². The number of rotatable bonds is 6. The van der Waals surface area contributed by atoms with Crippen molar-refractivity contribution in [3.05, 3.63) is 98.9 Å². The zero-order chi connectivity index (χ0) is 25.8. The van der Waals surface area contributed by atoms with E-state index in [1.165, 1.54) is 16.7 Å². The molecule has 4 nitrogen and oxygen atoms in total. The van der Waals surface area contributed by atoms with Crippen LogP contribution in [0.25, 0.3) is 17.2 Å². The fourth-order valence-corrected chi connectivity index (χ4v) is 7.69. The molecule has 6 heterocycles. The highest BCUT2D eigenvalue weighted by atomic mass is 79.9. The van der Waals surface area contributed by atoms with Crippen molar-refractivity contribution in [1.29, 1.82) is 0 Å². The molecule has 5 aliphatic rings. The van der Waals surface area contributed by atoms with E-state index in [2.05, 4.69) is 131 Å². The molecule has 0 aliphatic carbocycles. The van der Waals surface area contributed by atoms with Gasteiger partial charge in [-0.2, -0.15) is 0 Å². The lowest BCUT2D eigenvalue weighted by Crippen LogP contribution is -2.34. The number of nitrogens with one attached hydrogen (secondary N) is 1. The molecule has 0 spiro atoms. The largest absolute Gasteiger partial charge is 0.355 e. The second-order valence-electron chi connectivity index (χ2n) is 10.4. The van der Waals surface area contributed by atoms with Gasteiger partial charge in [-0.05, 0) is 91.5 Å². The molecule has 5 aliphatic heterocycles. The first kappa shape index (κ1) is 24.9. The Morgan fingerprint density at radius 2 is 1.76 bits per heavy atom. The van der Waals surface area contributed by atoms with Crippen molar-refractivity contribution in [2.75, 3.05) is 10.7 Å². The summed E-state index contributed by atoms with van der Waals surface area (Å²) >= 11 is 11.0. The van der Waals surface area contributed by atoms with Crippen molar-refractivity contribution < 1.29 is 0 Å². The Morgan fingerprint density at radius 3 is 2.55 bits per heavy atom. The van der Waals surface area contributed by atoms with Gasteiger partial charge in [0.25, 0.3) is 0 Å². The molecule has 2 fully saturated rings. The molecule has 1 N–H and O–H groups in total. The molecule has 7 heteroatoms. The summed E-state index contributed by atoms with van der Waals surface area (Å²) in [5.74, 6) is 0.402. The van der Waals surface area contributed by atoms with Crippen LogP contribution in [-0.4, -0.2) is 50.1 Å². The Balaban J connectivity index is 1.40. The van der Waals surface area contributed by atoms with Crippen LogP contribution < -0.4 is 10.7 Å². The molecule has 0 radical (unpaired) electrons. The molecule has 0 amide bonds. The van der Waals surface area contributed by atoms with Crippen molar-refractivity contribution in [2.45, 2.75) is 37.4 Å². The van der Waals surface area contributed by atoms with E-state index in [-0.39, 0.29) is 0 Å². The predicted octanol–water partition coefficient (Wildman–Crippen LogP) is 6.05. The molecule has 38 heavy (non-hydrogen) atoms. The van der Waals surface area contributed by atoms with Crippen molar-refractivity contribution in [3.63, 3.8) is 0 Å². The average Bonchev–Trinajstić information content (AvgIpc) is 3.43. The Hall–Kier alpha value is -2.06. The maximum atomic E-state index is 5.17. The van der Waals surface area contributed by atoms with Gasteiger partial charge >= 0.3 is 0 Å². The van der Waals surface area contributed by atoms with Crippen LogP contribution in [0.4, 0.5) is 0 Å². The predicted molar refractivity (Wildman–Crippen MR) is 168 cm³/mol. The van der Waals surface area contributed by atoms with E-state index < -0.39 is 0 Å². The summed E-state index contributed by atoms with van der Waals surface area (Å²) in [5.41, 5.74) is 8.08. The van der Waals surface area contributed by atoms with Crippen LogP contribution in [0.5, 0.6) is 0 Å². The standard InChI is InChI=1S/C31H27Br3N4/c32-13-11-19(12-14-33)30-24-8-5-21(35-24)15-22-6-10-26(36-22)31(18-1-3-20(34)4-2-18)29-17-28-27(38(28)29)16-23-7-9-25(30)37-23/h1-10,15-16,19,27-29,35H,11-14,17H2/b21-15-,23-16-,30-24-,31-26-/t27-,28+,29-,38?/m0/s1. The molecule has 7 rings (SSSR count). The maximum absolute atomic E-state index is 5.17. The van der Waals surface area contributed by atoms with Gasteiger partial charge in [-0.1, -0.05) is 59.9 Å². The number of hydrogen-bond donors (Lipinski definition) is 1. The Labute approximate surface area is 247 Å². The van der Waals surface area contributed by atoms with E-state index in [0.717, 1.165) is 67.9 Å². The number of hydrogen-bond acceptors (Lipinski definition) is 3. The van der Waals surface area contributed by atoms with Crippen molar-refractivity contribution in [3.8, 4) is 0 Å². The van der Waals surface area contributed by atoms with Gasteiger partial charge in [-0.3, -0.25) is 4.90 Å². The SMILES string of the molecule is BrCCC(CCBr)/C1=c2\cc/c([nH]2)=C/C2=NC(=C(/c3ccc(Br)cc3)[C@@H]3C[C@@H]4[C@H](/C=C5/C=CC1=N5)N43)/C=C2. The number of alkyl halides is 2. The average molecular weight is 695 g/mol. The normalized spacial score (nSPS) is 32.2. The minimum Gasteiger partial charge on any atom is -0.355 e. The van der Waals surface area contributed by atoms with Crippen LogP contribution in [0, 0.1) is 5.92 Å². The number of H-pyrrole nitrogens is 1. The molecule has 1 aromatic heterocycles. The van der Waals surface area contributed by atoms with Crippen molar-refractivity contribution in [1.82, 2.24) is 9.88 Å². The lowest BCUT2D eigenvalue weighted by atomic mass is 9.89. The third-order valence-electron chi connectivity index (χ3n) is 8.19. The Bertz CT molecular complexity index is 1600. The molecule has 6 bridgehead atoms. The highest BCUT2D eigenvalue weighted by Crippen LogP contribution is 2.53. The van der Waals surface area contributed by atoms with Crippen LogP contribution in [0.1, 0.15) is 24.8 Å². The highest BCUT2D eigenvalue weighted by molar-refractivity contribution is 9.10. The van der Waals surface area contributed by atoms with E-state index in [1.54, 1.807) is 0 Å². The number of benzene rings is 1. The van der Waals surface area contributed by atoms with Crippen LogP contribution in [-0.2, 0) is 0 Å². The lowest BCUT2D eigenvalue weighted by molar-refractivity contribution is 0.307. The maximum Gasteiger partial charge on any atom is 0.0693 e. The third kappa shape index (κ3) is 4.45. The van der Waals surface area contributed by atoms with E-state index in [9.17, 15) is 0 Å². The number of aromatic amines is 1. The molecule has 1 aromatic carbocycles. The fraction of sp³-hybridized carbons (Fsp3) is 0.290. The number of allylic oxidation sites excluding steroid dienone is 4. The molecule has 2 aromatic rings. The molecule has 4 atom stereocenters. The monoisotopic (exact) mass is 692 g/mol. The number of halogens is 3. The highest BCUT2D eigenvalue weighted by Gasteiger charge is 2.61. The first-order valence-electron chi connectivity index (χ1n) is 13.2. The van der Waals surface area contributed by atoms with Gasteiger partial charge in [0.05, 0.1) is 22.8 Å². The summed E-state index contributed by atoms with van der Waals surface area (Å²) in [6, 6.07) is 14.4. The number of nitrogens with zero attached hydrogens (tertiary/aromatic N) is 3. The minimum atomic E-state index is 0.369. The third-order valence-corrected chi connectivity index (χ3v) is 9.63. The number of aliphatic imine (C=N–C) groups is 2. The molecule has 192 valence electrons. The summed E-state index contributed by atoms with van der Waals surface area (Å²) in [7, 11) is 0. The van der Waals surface area contributed by atoms with Crippen molar-refractivity contribution >= 4 is 76.4 Å². The van der Waals surface area contributed by atoms with Gasteiger partial charge in [0.2, 0.25) is 0 Å². The van der Waals surface area contributed by atoms with E-state index in [4.69, 9.17) is 9.98 Å². The van der Waals surface area contributed by atoms with Gasteiger partial charge in [-0.15, -0.1) is 0 Å². The van der Waals surface area contributed by atoms with Crippen molar-refractivity contribution in [2.24, 2.45) is 15.9 Å². The summed E-state index contributed by atoms with van der Waals surface area (Å²) in [6.07, 6.45) is 16.5. The summed E-state index contributed by atoms with van der Waals surface area (Å²) in [5, 5.41) is 4.13. The topological polar surface area (TPSA) is 43.5 Å². The zero-order valence-corrected chi connectivity index (χ0v) is 25.5. The first-order valence-corrected chi connectivity index (χ1v) is 16.2. The van der Waals surface area contributed by atoms with Crippen LogP contribution in [0.2, 0.25) is 0 Å². The van der Waals surface area contributed by atoms with Crippen LogP contribution in [0.3, 0.4) is 0 Å². The minimum absolute atomic E-state index is 0.369. The van der Waals surface area contributed by atoms with Gasteiger partial charge in [0.15, 0.2) is 0 Å². The molecular weight excluding hydrogens is 668 g/mol. The van der Waals surface area contributed by atoms with Gasteiger partial charge in [0, 0.05) is 55.1 Å².